The summed E-state index contributed by atoms with van der Waals surface area (Å²) in [7, 11) is -0.133. The summed E-state index contributed by atoms with van der Waals surface area (Å²) in [6.45, 7) is 10.1. The van der Waals surface area contributed by atoms with E-state index in [4.69, 9.17) is 4.18 Å². The van der Waals surface area contributed by atoms with Crippen LogP contribution < -0.4 is 5.32 Å². The molecule has 7 heteroatoms. The molecule has 226 valence electrons. The minimum atomic E-state index is -3.62. The largest absolute Gasteiger partial charge is 0.356 e. The molecule has 0 spiro atoms. The molecule has 0 bridgehead atoms. The molecule has 0 heterocycles. The summed E-state index contributed by atoms with van der Waals surface area (Å²) in [5, 5.41) is 2.36. The summed E-state index contributed by atoms with van der Waals surface area (Å²) in [6.07, 6.45) is 16.8. The second-order valence-electron chi connectivity index (χ2n) is 14.5. The average Bonchev–Trinajstić information content (AvgIpc) is 3.24. The van der Waals surface area contributed by atoms with Crippen molar-refractivity contribution in [3.05, 3.63) is 0 Å². The van der Waals surface area contributed by atoms with Gasteiger partial charge >= 0.3 is 0 Å². The fraction of sp³-hybridized carbons (Fsp3) is 0.969. The van der Waals surface area contributed by atoms with Crippen LogP contribution in [0, 0.1) is 46.3 Å². The molecule has 4 fully saturated rings. The summed E-state index contributed by atoms with van der Waals surface area (Å²) in [4.78, 5) is 14.3. The maximum atomic E-state index is 12.6. The Kier molecular flexibility index (Phi) is 10.2. The maximum absolute atomic E-state index is 12.6. The molecule has 1 N–H and O–H groups in total. The summed E-state index contributed by atoms with van der Waals surface area (Å²) >= 11 is 0. The van der Waals surface area contributed by atoms with E-state index in [2.05, 4.69) is 26.1 Å². The van der Waals surface area contributed by atoms with Crippen LogP contribution in [-0.2, 0) is 19.1 Å². The number of fused-ring (bicyclic) bond motifs is 5. The van der Waals surface area contributed by atoms with Crippen molar-refractivity contribution in [3.8, 4) is 0 Å². The molecule has 4 aliphatic carbocycles. The van der Waals surface area contributed by atoms with Gasteiger partial charge in [0.05, 0.1) is 6.61 Å². The molecule has 39 heavy (non-hydrogen) atoms. The van der Waals surface area contributed by atoms with E-state index in [0.717, 1.165) is 36.0 Å². The second-order valence-corrected chi connectivity index (χ2v) is 16.3. The summed E-state index contributed by atoms with van der Waals surface area (Å²) in [5.74, 6) is 5.12. The maximum Gasteiger partial charge on any atom is 0.283 e. The molecule has 4 saturated carbocycles. The summed E-state index contributed by atoms with van der Waals surface area (Å²) in [5.41, 5.74) is 1.05. The number of hydrogen-bond acceptors (Lipinski definition) is 5. The van der Waals surface area contributed by atoms with Gasteiger partial charge < -0.3 is 5.32 Å². The number of nitrogens with one attached hydrogen (secondary N) is 1. The first-order valence-corrected chi connectivity index (χ1v) is 17.7. The zero-order valence-corrected chi connectivity index (χ0v) is 26.7. The summed E-state index contributed by atoms with van der Waals surface area (Å²) < 4.78 is 29.9. The van der Waals surface area contributed by atoms with Crippen molar-refractivity contribution in [2.24, 2.45) is 46.3 Å². The molecule has 0 aliphatic heterocycles. The molecule has 0 aromatic carbocycles. The van der Waals surface area contributed by atoms with Gasteiger partial charge in [0.15, 0.2) is 0 Å². The third-order valence-electron chi connectivity index (χ3n) is 12.3. The third-order valence-corrected chi connectivity index (χ3v) is 14.2. The van der Waals surface area contributed by atoms with Gasteiger partial charge in [-0.2, -0.15) is 8.42 Å². The normalized spacial score (nSPS) is 38.0. The number of hydrogen-bond donors (Lipinski definition) is 1. The van der Waals surface area contributed by atoms with Crippen LogP contribution in [0.1, 0.15) is 118 Å². The van der Waals surface area contributed by atoms with E-state index in [1.54, 1.807) is 19.0 Å². The number of carbonyl (C=O) groups excluding carboxylic acids is 1. The second kappa shape index (κ2) is 12.7. The van der Waals surface area contributed by atoms with Gasteiger partial charge in [-0.1, -0.05) is 40.5 Å². The van der Waals surface area contributed by atoms with Gasteiger partial charge in [-0.25, -0.2) is 0 Å². The Bertz CT molecular complexity index is 938. The Labute approximate surface area is 239 Å². The lowest BCUT2D eigenvalue weighted by Crippen LogP contribution is -2.53. The van der Waals surface area contributed by atoms with Crippen LogP contribution >= 0.6 is 0 Å². The minimum Gasteiger partial charge on any atom is -0.356 e. The van der Waals surface area contributed by atoms with Crippen molar-refractivity contribution in [1.29, 1.82) is 0 Å². The van der Waals surface area contributed by atoms with Gasteiger partial charge in [0.2, 0.25) is 5.91 Å². The topological polar surface area (TPSA) is 75.7 Å². The van der Waals surface area contributed by atoms with Crippen LogP contribution in [0.5, 0.6) is 0 Å². The van der Waals surface area contributed by atoms with Crippen molar-refractivity contribution in [2.75, 3.05) is 27.2 Å². The zero-order chi connectivity index (χ0) is 28.4. The number of rotatable bonds is 12. The summed E-state index contributed by atoms with van der Waals surface area (Å²) in [6, 6.07) is 0. The van der Waals surface area contributed by atoms with Crippen molar-refractivity contribution in [2.45, 2.75) is 123 Å². The fourth-order valence-corrected chi connectivity index (χ4v) is 11.7. The first kappa shape index (κ1) is 31.3. The molecule has 6 nitrogen and oxygen atoms in total. The van der Waals surface area contributed by atoms with E-state index in [1.807, 2.05) is 6.92 Å². The Morgan fingerprint density at radius 3 is 2.46 bits per heavy atom. The van der Waals surface area contributed by atoms with E-state index < -0.39 is 15.5 Å². The first-order valence-electron chi connectivity index (χ1n) is 16.3. The van der Waals surface area contributed by atoms with Gasteiger partial charge in [0, 0.05) is 13.0 Å². The molecular weight excluding hydrogens is 508 g/mol. The Hall–Kier alpha value is -0.660. The van der Waals surface area contributed by atoms with Crippen LogP contribution in [0.15, 0.2) is 0 Å². The van der Waals surface area contributed by atoms with Crippen LogP contribution in [0.25, 0.3) is 0 Å². The van der Waals surface area contributed by atoms with Crippen LogP contribution in [0.3, 0.4) is 0 Å². The molecule has 0 radical (unpaired) electrons. The lowest BCUT2D eigenvalue weighted by molar-refractivity contribution is -0.122. The van der Waals surface area contributed by atoms with Crippen LogP contribution in [-0.4, -0.2) is 51.8 Å². The molecule has 4 aliphatic rings. The Morgan fingerprint density at radius 2 is 1.74 bits per heavy atom. The smallest absolute Gasteiger partial charge is 0.283 e. The standard InChI is InChI=1S/C32H58N2O4S/c1-7-30(34(5)6)39(36,37)38-22-10-21-33-29(35)17-12-23(2)26-15-16-27-25-14-13-24-11-8-9-19-31(24,3)28(25)18-20-32(26,27)4/h23-28,30H,7-22H2,1-6H3,(H,33,35)/t23-,24?,25?,26-,27?,28?,30?,31+,32-/m1/s1. The molecule has 9 atom stereocenters. The molecule has 5 unspecified atom stereocenters. The number of nitrogens with zero attached hydrogens (tertiary/aromatic N) is 1. The van der Waals surface area contributed by atoms with Crippen molar-refractivity contribution in [3.63, 3.8) is 0 Å². The van der Waals surface area contributed by atoms with Crippen molar-refractivity contribution >= 4 is 16.0 Å². The quantitative estimate of drug-likeness (QED) is 0.213. The highest BCUT2D eigenvalue weighted by atomic mass is 32.2. The van der Waals surface area contributed by atoms with E-state index in [0.29, 0.717) is 42.6 Å². The molecule has 4 rings (SSSR count). The highest BCUT2D eigenvalue weighted by Crippen LogP contribution is 2.68. The van der Waals surface area contributed by atoms with E-state index in [1.165, 1.54) is 64.2 Å². The first-order chi connectivity index (χ1) is 18.4. The van der Waals surface area contributed by atoms with Crippen LogP contribution in [0.4, 0.5) is 0 Å². The lowest BCUT2D eigenvalue weighted by Gasteiger charge is -2.61. The third kappa shape index (κ3) is 6.40. The number of amides is 1. The fourth-order valence-electron chi connectivity index (χ4n) is 10.3. The predicted molar refractivity (Wildman–Crippen MR) is 158 cm³/mol. The van der Waals surface area contributed by atoms with Gasteiger partial charge in [0.1, 0.15) is 5.37 Å². The zero-order valence-electron chi connectivity index (χ0n) is 25.8. The Balaban J connectivity index is 1.21. The number of carbonyl (C=O) groups is 1. The van der Waals surface area contributed by atoms with Gasteiger partial charge in [-0.05, 0) is 131 Å². The predicted octanol–water partition coefficient (Wildman–Crippen LogP) is 6.60. The highest BCUT2D eigenvalue weighted by Gasteiger charge is 2.60. The molecule has 0 aromatic heterocycles. The van der Waals surface area contributed by atoms with E-state index in [9.17, 15) is 13.2 Å². The molecule has 1 amide bonds. The average molecular weight is 567 g/mol. The van der Waals surface area contributed by atoms with Crippen LogP contribution in [0.2, 0.25) is 0 Å². The Morgan fingerprint density at radius 1 is 1.00 bits per heavy atom. The lowest BCUT2D eigenvalue weighted by atomic mass is 9.44. The molecule has 0 aromatic rings. The monoisotopic (exact) mass is 566 g/mol. The molecular formula is C32H58N2O4S. The highest BCUT2D eigenvalue weighted by molar-refractivity contribution is 7.87. The van der Waals surface area contributed by atoms with E-state index >= 15 is 0 Å². The van der Waals surface area contributed by atoms with Gasteiger partial charge in [-0.15, -0.1) is 0 Å². The minimum absolute atomic E-state index is 0.0800. The SMILES string of the molecule is CCC(N(C)C)S(=O)(=O)OCCCNC(=O)CC[C@@H](C)[C@H]1CCC2C3CCC4CCCC[C@]4(C)C3CC[C@@]21C. The molecule has 0 saturated heterocycles. The van der Waals surface area contributed by atoms with Gasteiger partial charge in [0.25, 0.3) is 10.1 Å². The van der Waals surface area contributed by atoms with Crippen molar-refractivity contribution < 1.29 is 17.4 Å². The van der Waals surface area contributed by atoms with E-state index in [-0.39, 0.29) is 12.5 Å². The van der Waals surface area contributed by atoms with Crippen molar-refractivity contribution in [1.82, 2.24) is 10.2 Å². The van der Waals surface area contributed by atoms with Gasteiger partial charge in [-0.3, -0.25) is 13.9 Å².